The SMILES string of the molecule is Cc1c(C(=O)Nc2ccc(NC(=O)Cc3ccccc3)cc2)cccc1[N+](=O)[O-]. The fourth-order valence-corrected chi connectivity index (χ4v) is 2.89. The van der Waals surface area contributed by atoms with Gasteiger partial charge in [-0.1, -0.05) is 36.4 Å². The normalized spacial score (nSPS) is 10.2. The number of carbonyl (C=O) groups is 2. The minimum Gasteiger partial charge on any atom is -0.326 e. The first-order chi connectivity index (χ1) is 13.9. The van der Waals surface area contributed by atoms with Gasteiger partial charge in [-0.05, 0) is 42.8 Å². The van der Waals surface area contributed by atoms with Crippen LogP contribution in [0.1, 0.15) is 21.5 Å². The van der Waals surface area contributed by atoms with Crippen molar-refractivity contribution >= 4 is 28.9 Å². The van der Waals surface area contributed by atoms with Crippen LogP contribution in [0, 0.1) is 17.0 Å². The Kier molecular flexibility index (Phi) is 5.99. The number of carbonyl (C=O) groups excluding carboxylic acids is 2. The summed E-state index contributed by atoms with van der Waals surface area (Å²) < 4.78 is 0. The maximum absolute atomic E-state index is 12.5. The van der Waals surface area contributed by atoms with Crippen LogP contribution in [-0.2, 0) is 11.2 Å². The van der Waals surface area contributed by atoms with E-state index < -0.39 is 10.8 Å². The van der Waals surface area contributed by atoms with Crippen molar-refractivity contribution < 1.29 is 14.5 Å². The van der Waals surface area contributed by atoms with Gasteiger partial charge in [-0.15, -0.1) is 0 Å². The molecule has 29 heavy (non-hydrogen) atoms. The molecule has 3 aromatic rings. The highest BCUT2D eigenvalue weighted by molar-refractivity contribution is 6.06. The number of rotatable bonds is 6. The molecular weight excluding hydrogens is 370 g/mol. The van der Waals surface area contributed by atoms with Crippen LogP contribution in [0.15, 0.2) is 72.8 Å². The van der Waals surface area contributed by atoms with Gasteiger partial charge in [0.05, 0.1) is 11.3 Å². The van der Waals surface area contributed by atoms with E-state index in [1.54, 1.807) is 31.2 Å². The highest BCUT2D eigenvalue weighted by Crippen LogP contribution is 2.22. The van der Waals surface area contributed by atoms with Gasteiger partial charge in [0.15, 0.2) is 0 Å². The second-order valence-corrected chi connectivity index (χ2v) is 6.45. The first-order valence-electron chi connectivity index (χ1n) is 8.93. The van der Waals surface area contributed by atoms with Gasteiger partial charge in [-0.2, -0.15) is 0 Å². The lowest BCUT2D eigenvalue weighted by Gasteiger charge is -2.09. The molecule has 2 N–H and O–H groups in total. The van der Waals surface area contributed by atoms with Crippen molar-refractivity contribution in [1.29, 1.82) is 0 Å². The lowest BCUT2D eigenvalue weighted by atomic mass is 10.1. The molecule has 0 unspecified atom stereocenters. The summed E-state index contributed by atoms with van der Waals surface area (Å²) in [6, 6.07) is 20.5. The molecular formula is C22H19N3O4. The van der Waals surface area contributed by atoms with Crippen LogP contribution in [0.5, 0.6) is 0 Å². The van der Waals surface area contributed by atoms with Gasteiger partial charge in [0.25, 0.3) is 11.6 Å². The van der Waals surface area contributed by atoms with E-state index >= 15 is 0 Å². The van der Waals surface area contributed by atoms with Crippen LogP contribution in [0.4, 0.5) is 17.1 Å². The number of nitrogens with one attached hydrogen (secondary N) is 2. The molecule has 0 bridgehead atoms. The molecule has 0 fully saturated rings. The molecule has 0 saturated heterocycles. The lowest BCUT2D eigenvalue weighted by molar-refractivity contribution is -0.385. The smallest absolute Gasteiger partial charge is 0.273 e. The predicted molar refractivity (Wildman–Crippen MR) is 111 cm³/mol. The Morgan fingerprint density at radius 2 is 1.48 bits per heavy atom. The van der Waals surface area contributed by atoms with Crippen LogP contribution < -0.4 is 10.6 Å². The summed E-state index contributed by atoms with van der Waals surface area (Å²) in [6.45, 7) is 1.54. The van der Waals surface area contributed by atoms with E-state index in [1.807, 2.05) is 30.3 Å². The van der Waals surface area contributed by atoms with Gasteiger partial charge < -0.3 is 10.6 Å². The first-order valence-corrected chi connectivity index (χ1v) is 8.93. The number of nitrogens with zero attached hydrogens (tertiary/aromatic N) is 1. The number of nitro benzene ring substituents is 1. The van der Waals surface area contributed by atoms with Crippen molar-refractivity contribution in [3.63, 3.8) is 0 Å². The highest BCUT2D eigenvalue weighted by atomic mass is 16.6. The summed E-state index contributed by atoms with van der Waals surface area (Å²) >= 11 is 0. The average molecular weight is 389 g/mol. The van der Waals surface area contributed by atoms with Gasteiger partial charge in [0.1, 0.15) is 0 Å². The third-order valence-electron chi connectivity index (χ3n) is 4.38. The molecule has 7 heteroatoms. The summed E-state index contributed by atoms with van der Waals surface area (Å²) in [6.07, 6.45) is 0.269. The van der Waals surface area contributed by atoms with Crippen LogP contribution in [0.3, 0.4) is 0 Å². The van der Waals surface area contributed by atoms with E-state index in [1.165, 1.54) is 18.2 Å². The van der Waals surface area contributed by atoms with Crippen LogP contribution >= 0.6 is 0 Å². The number of hydrogen-bond acceptors (Lipinski definition) is 4. The summed E-state index contributed by atoms with van der Waals surface area (Å²) in [5, 5.41) is 16.6. The Morgan fingerprint density at radius 3 is 2.10 bits per heavy atom. The van der Waals surface area contributed by atoms with Crippen molar-refractivity contribution in [1.82, 2.24) is 0 Å². The van der Waals surface area contributed by atoms with Gasteiger partial charge >= 0.3 is 0 Å². The molecule has 0 spiro atoms. The maximum atomic E-state index is 12.5. The fourth-order valence-electron chi connectivity index (χ4n) is 2.89. The number of anilines is 2. The number of nitro groups is 1. The van der Waals surface area contributed by atoms with Crippen LogP contribution in [0.2, 0.25) is 0 Å². The average Bonchev–Trinajstić information content (AvgIpc) is 2.70. The minimum atomic E-state index is -0.515. The molecule has 0 atom stereocenters. The largest absolute Gasteiger partial charge is 0.326 e. The van der Waals surface area contributed by atoms with E-state index in [0.29, 0.717) is 16.9 Å². The topological polar surface area (TPSA) is 101 Å². The molecule has 0 aliphatic carbocycles. The monoisotopic (exact) mass is 389 g/mol. The Morgan fingerprint density at radius 1 is 0.862 bits per heavy atom. The zero-order valence-corrected chi connectivity index (χ0v) is 15.7. The van der Waals surface area contributed by atoms with Crippen molar-refractivity contribution in [3.05, 3.63) is 99.6 Å². The molecule has 0 radical (unpaired) electrons. The fraction of sp³-hybridized carbons (Fsp3) is 0.0909. The number of amides is 2. The molecule has 3 rings (SSSR count). The molecule has 0 saturated carbocycles. The van der Waals surface area contributed by atoms with E-state index in [0.717, 1.165) is 5.56 Å². The molecule has 0 heterocycles. The quantitative estimate of drug-likeness (QED) is 0.484. The molecule has 2 amide bonds. The summed E-state index contributed by atoms with van der Waals surface area (Å²) in [5.74, 6) is -0.577. The third kappa shape index (κ3) is 5.04. The summed E-state index contributed by atoms with van der Waals surface area (Å²) in [7, 11) is 0. The van der Waals surface area contributed by atoms with Crippen molar-refractivity contribution in [2.24, 2.45) is 0 Å². The Bertz CT molecular complexity index is 1050. The van der Waals surface area contributed by atoms with E-state index in [4.69, 9.17) is 0 Å². The van der Waals surface area contributed by atoms with Crippen LogP contribution in [-0.4, -0.2) is 16.7 Å². The Labute approximate surface area is 167 Å². The molecule has 0 aliphatic rings. The zero-order valence-electron chi connectivity index (χ0n) is 15.7. The standard InChI is InChI=1S/C22H19N3O4/c1-15-19(8-5-9-20(15)25(28)29)22(27)24-18-12-10-17(11-13-18)23-21(26)14-16-6-3-2-4-7-16/h2-13H,14H2,1H3,(H,23,26)(H,24,27). The molecule has 146 valence electrons. The third-order valence-corrected chi connectivity index (χ3v) is 4.38. The molecule has 0 aromatic heterocycles. The summed E-state index contributed by atoms with van der Waals surface area (Å²) in [4.78, 5) is 35.1. The molecule has 3 aromatic carbocycles. The van der Waals surface area contributed by atoms with Gasteiger partial charge in [0, 0.05) is 28.6 Å². The van der Waals surface area contributed by atoms with Gasteiger partial charge in [-0.25, -0.2) is 0 Å². The second kappa shape index (κ2) is 8.79. The van der Waals surface area contributed by atoms with E-state index in [9.17, 15) is 19.7 Å². The Hall–Kier alpha value is -4.00. The van der Waals surface area contributed by atoms with Gasteiger partial charge in [-0.3, -0.25) is 19.7 Å². The lowest BCUT2D eigenvalue weighted by Crippen LogP contribution is -2.15. The predicted octanol–water partition coefficient (Wildman–Crippen LogP) is 4.34. The maximum Gasteiger partial charge on any atom is 0.273 e. The molecule has 7 nitrogen and oxygen atoms in total. The minimum absolute atomic E-state index is 0.103. The van der Waals surface area contributed by atoms with Crippen molar-refractivity contribution in [2.45, 2.75) is 13.3 Å². The number of benzene rings is 3. The van der Waals surface area contributed by atoms with Crippen LogP contribution in [0.25, 0.3) is 0 Å². The van der Waals surface area contributed by atoms with Crippen molar-refractivity contribution in [3.8, 4) is 0 Å². The Balaban J connectivity index is 1.63. The van der Waals surface area contributed by atoms with Gasteiger partial charge in [0.2, 0.25) is 5.91 Å². The summed E-state index contributed by atoms with van der Waals surface area (Å²) in [5.41, 5.74) is 2.48. The number of hydrogen-bond donors (Lipinski definition) is 2. The van der Waals surface area contributed by atoms with E-state index in [2.05, 4.69) is 10.6 Å². The zero-order chi connectivity index (χ0) is 20.8. The highest BCUT2D eigenvalue weighted by Gasteiger charge is 2.18. The molecule has 0 aliphatic heterocycles. The van der Waals surface area contributed by atoms with Crippen molar-refractivity contribution in [2.75, 3.05) is 10.6 Å². The first kappa shape index (κ1) is 19.8. The van der Waals surface area contributed by atoms with E-state index in [-0.39, 0.29) is 23.6 Å². The second-order valence-electron chi connectivity index (χ2n) is 6.45.